The zero-order valence-corrected chi connectivity index (χ0v) is 5.49. The molecule has 0 saturated carbocycles. The summed E-state index contributed by atoms with van der Waals surface area (Å²) in [6.45, 7) is 1.45. The molecule has 3 nitrogen and oxygen atoms in total. The van der Waals surface area contributed by atoms with Crippen molar-refractivity contribution in [3.63, 3.8) is 0 Å². The van der Waals surface area contributed by atoms with Gasteiger partial charge in [-0.25, -0.2) is 0 Å². The van der Waals surface area contributed by atoms with Gasteiger partial charge >= 0.3 is 0 Å². The molecular weight excluding hydrogens is 120 g/mol. The van der Waals surface area contributed by atoms with Crippen LogP contribution in [-0.4, -0.2) is 34.1 Å². The first kappa shape index (κ1) is 8.88. The summed E-state index contributed by atoms with van der Waals surface area (Å²) >= 11 is 0. The Morgan fingerprint density at radius 1 is 1.44 bits per heavy atom. The molecule has 0 aliphatic carbocycles. The third-order valence-corrected chi connectivity index (χ3v) is 0.960. The molecule has 0 fully saturated rings. The molecule has 2 atom stereocenters. The molecule has 0 rings (SSSR count). The van der Waals surface area contributed by atoms with Crippen molar-refractivity contribution in [2.45, 2.75) is 25.6 Å². The summed E-state index contributed by atoms with van der Waals surface area (Å²) in [6, 6.07) is 0. The van der Waals surface area contributed by atoms with E-state index in [1.165, 1.54) is 6.42 Å². The number of rotatable bonds is 4. The fraction of sp³-hybridized carbons (Fsp3) is 0.833. The van der Waals surface area contributed by atoms with E-state index in [4.69, 9.17) is 15.3 Å². The van der Waals surface area contributed by atoms with Crippen molar-refractivity contribution in [3.8, 4) is 0 Å². The molecule has 0 spiro atoms. The van der Waals surface area contributed by atoms with Gasteiger partial charge in [0.2, 0.25) is 0 Å². The fourth-order valence-electron chi connectivity index (χ4n) is 0.567. The van der Waals surface area contributed by atoms with Gasteiger partial charge in [-0.1, -0.05) is 0 Å². The predicted molar refractivity (Wildman–Crippen MR) is 33.7 cm³/mol. The Morgan fingerprint density at radius 2 is 2.00 bits per heavy atom. The first-order valence-corrected chi connectivity index (χ1v) is 2.97. The predicted octanol–water partition coefficient (Wildman–Crippen LogP) is -0.685. The molecule has 9 heavy (non-hydrogen) atoms. The first-order valence-electron chi connectivity index (χ1n) is 2.97. The van der Waals surface area contributed by atoms with Crippen molar-refractivity contribution in [3.05, 3.63) is 6.42 Å². The van der Waals surface area contributed by atoms with Crippen LogP contribution in [0.25, 0.3) is 0 Å². The van der Waals surface area contributed by atoms with Gasteiger partial charge in [0.25, 0.3) is 0 Å². The van der Waals surface area contributed by atoms with Gasteiger partial charge in [0.15, 0.2) is 0 Å². The molecule has 3 N–H and O–H groups in total. The van der Waals surface area contributed by atoms with Gasteiger partial charge in [0, 0.05) is 13.0 Å². The van der Waals surface area contributed by atoms with Crippen LogP contribution in [0.3, 0.4) is 0 Å². The molecule has 0 aromatic rings. The van der Waals surface area contributed by atoms with Crippen molar-refractivity contribution in [1.29, 1.82) is 0 Å². The highest BCUT2D eigenvalue weighted by atomic mass is 16.3. The zero-order chi connectivity index (χ0) is 7.28. The molecule has 0 aromatic carbocycles. The lowest BCUT2D eigenvalue weighted by atomic mass is 10.1. The standard InChI is InChI=1S/C6H13O3/c1-5(8)4-6(9)2-3-7/h2,5-9H,3-4H2,1H3. The molecule has 3 heteroatoms. The lowest BCUT2D eigenvalue weighted by Crippen LogP contribution is -2.16. The Morgan fingerprint density at radius 3 is 2.33 bits per heavy atom. The van der Waals surface area contributed by atoms with Crippen molar-refractivity contribution in [2.75, 3.05) is 6.61 Å². The van der Waals surface area contributed by atoms with Crippen LogP contribution >= 0.6 is 0 Å². The molecule has 55 valence electrons. The monoisotopic (exact) mass is 133 g/mol. The van der Waals surface area contributed by atoms with E-state index in [0.717, 1.165) is 0 Å². The van der Waals surface area contributed by atoms with Crippen LogP contribution in [-0.2, 0) is 0 Å². The van der Waals surface area contributed by atoms with E-state index in [1.807, 2.05) is 0 Å². The fourth-order valence-corrected chi connectivity index (χ4v) is 0.567. The Kier molecular flexibility index (Phi) is 4.67. The minimum Gasteiger partial charge on any atom is -0.396 e. The molecule has 0 aromatic heterocycles. The zero-order valence-electron chi connectivity index (χ0n) is 5.49. The Balaban J connectivity index is 3.15. The summed E-state index contributed by atoms with van der Waals surface area (Å²) in [5.74, 6) is 0. The smallest absolute Gasteiger partial charge is 0.0619 e. The van der Waals surface area contributed by atoms with E-state index in [9.17, 15) is 0 Å². The maximum Gasteiger partial charge on any atom is 0.0619 e. The Bertz CT molecular complexity index is 63.3. The van der Waals surface area contributed by atoms with Crippen LogP contribution in [0, 0.1) is 6.42 Å². The quantitative estimate of drug-likeness (QED) is 0.476. The molecule has 0 aliphatic heterocycles. The van der Waals surface area contributed by atoms with Crippen molar-refractivity contribution < 1.29 is 15.3 Å². The van der Waals surface area contributed by atoms with E-state index in [-0.39, 0.29) is 6.61 Å². The van der Waals surface area contributed by atoms with Crippen LogP contribution < -0.4 is 0 Å². The maximum atomic E-state index is 8.84. The Hall–Kier alpha value is -0.120. The van der Waals surface area contributed by atoms with E-state index >= 15 is 0 Å². The SMILES string of the molecule is CC(O)CC(O)[CH]CO. The summed E-state index contributed by atoms with van der Waals surface area (Å²) in [6.07, 6.45) is 0.436. The Labute approximate surface area is 54.9 Å². The number of aliphatic hydroxyl groups is 3. The van der Waals surface area contributed by atoms with E-state index < -0.39 is 12.2 Å². The number of hydrogen-bond acceptors (Lipinski definition) is 3. The van der Waals surface area contributed by atoms with Gasteiger partial charge in [-0.15, -0.1) is 0 Å². The van der Waals surface area contributed by atoms with Gasteiger partial charge in [-0.2, -0.15) is 0 Å². The normalized spacial score (nSPS) is 17.3. The molecule has 2 unspecified atom stereocenters. The van der Waals surface area contributed by atoms with Gasteiger partial charge in [-0.05, 0) is 13.3 Å². The second-order valence-electron chi connectivity index (χ2n) is 2.07. The van der Waals surface area contributed by atoms with Gasteiger partial charge in [0.1, 0.15) is 0 Å². The highest BCUT2D eigenvalue weighted by Gasteiger charge is 2.06. The maximum absolute atomic E-state index is 8.84. The average molecular weight is 133 g/mol. The summed E-state index contributed by atoms with van der Waals surface area (Å²) in [7, 11) is 0. The molecule has 0 aliphatic rings. The average Bonchev–Trinajstić information content (AvgIpc) is 1.63. The minimum absolute atomic E-state index is 0.145. The molecule has 0 heterocycles. The first-order chi connectivity index (χ1) is 4.16. The topological polar surface area (TPSA) is 60.7 Å². The number of aliphatic hydroxyl groups excluding tert-OH is 3. The van der Waals surface area contributed by atoms with E-state index in [0.29, 0.717) is 6.42 Å². The lowest BCUT2D eigenvalue weighted by Gasteiger charge is -2.09. The van der Waals surface area contributed by atoms with Crippen molar-refractivity contribution >= 4 is 0 Å². The van der Waals surface area contributed by atoms with Crippen LogP contribution in [0.5, 0.6) is 0 Å². The van der Waals surface area contributed by atoms with Gasteiger partial charge in [0.05, 0.1) is 12.2 Å². The van der Waals surface area contributed by atoms with Crippen LogP contribution in [0.1, 0.15) is 13.3 Å². The summed E-state index contributed by atoms with van der Waals surface area (Å²) in [4.78, 5) is 0. The highest BCUT2D eigenvalue weighted by Crippen LogP contribution is 1.99. The van der Waals surface area contributed by atoms with Crippen molar-refractivity contribution in [2.24, 2.45) is 0 Å². The van der Waals surface area contributed by atoms with Gasteiger partial charge < -0.3 is 15.3 Å². The molecule has 0 saturated heterocycles. The summed E-state index contributed by atoms with van der Waals surface area (Å²) in [5.41, 5.74) is 0. The molecular formula is C6H13O3. The molecule has 1 radical (unpaired) electrons. The van der Waals surface area contributed by atoms with Crippen LogP contribution in [0.4, 0.5) is 0 Å². The number of hydrogen-bond donors (Lipinski definition) is 3. The van der Waals surface area contributed by atoms with Crippen molar-refractivity contribution in [1.82, 2.24) is 0 Å². The lowest BCUT2D eigenvalue weighted by molar-refractivity contribution is 0.101. The minimum atomic E-state index is -0.685. The summed E-state index contributed by atoms with van der Waals surface area (Å²) in [5, 5.41) is 25.8. The second kappa shape index (κ2) is 4.73. The summed E-state index contributed by atoms with van der Waals surface area (Å²) < 4.78 is 0. The van der Waals surface area contributed by atoms with Gasteiger partial charge in [-0.3, -0.25) is 0 Å². The third kappa shape index (κ3) is 5.76. The van der Waals surface area contributed by atoms with Crippen LogP contribution in [0.2, 0.25) is 0 Å². The third-order valence-electron chi connectivity index (χ3n) is 0.960. The highest BCUT2D eigenvalue weighted by molar-refractivity contribution is 4.75. The second-order valence-corrected chi connectivity index (χ2v) is 2.07. The molecule has 0 bridgehead atoms. The van der Waals surface area contributed by atoms with Crippen LogP contribution in [0.15, 0.2) is 0 Å². The largest absolute Gasteiger partial charge is 0.396 e. The van der Waals surface area contributed by atoms with E-state index in [2.05, 4.69) is 0 Å². The molecule has 0 amide bonds. The van der Waals surface area contributed by atoms with E-state index in [1.54, 1.807) is 6.92 Å².